The third kappa shape index (κ3) is 6.09. The number of likely N-dealkylation sites (N-methyl/N-ethyl adjacent to an activating group) is 1. The summed E-state index contributed by atoms with van der Waals surface area (Å²) < 4.78 is 5.91. The molecule has 1 atom stereocenters. The van der Waals surface area contributed by atoms with Gasteiger partial charge < -0.3 is 14.7 Å². The summed E-state index contributed by atoms with van der Waals surface area (Å²) in [5, 5.41) is 11.7. The predicted octanol–water partition coefficient (Wildman–Crippen LogP) is 3.42. The molecule has 1 aliphatic rings. The van der Waals surface area contributed by atoms with Gasteiger partial charge >= 0.3 is 0 Å². The predicted molar refractivity (Wildman–Crippen MR) is 110 cm³/mol. The molecule has 1 aromatic carbocycles. The third-order valence-corrected chi connectivity index (χ3v) is 6.00. The molecule has 1 amide bonds. The Kier molecular flexibility index (Phi) is 7.95. The maximum absolute atomic E-state index is 12.3. The Morgan fingerprint density at radius 2 is 1.85 bits per heavy atom. The summed E-state index contributed by atoms with van der Waals surface area (Å²) >= 11 is 6.21. The van der Waals surface area contributed by atoms with Gasteiger partial charge in [-0.1, -0.05) is 11.6 Å². The molecule has 0 saturated carbocycles. The number of aryl methyl sites for hydroxylation is 2. The molecule has 1 aliphatic heterocycles. The van der Waals surface area contributed by atoms with Crippen LogP contribution in [0.3, 0.4) is 0 Å². The zero-order valence-electron chi connectivity index (χ0n) is 17.1. The van der Waals surface area contributed by atoms with Crippen LogP contribution in [-0.2, 0) is 4.79 Å². The maximum Gasteiger partial charge on any atom is 0.236 e. The standard InChI is InChI=1S/C21H33ClN2O3/c1-5-24(6-2)19(25)14-23-10-7-8-21(26,9-11-23)15-27-18-12-16(3)20(22)17(4)13-18/h12-13,26H,5-11,14-15H2,1-4H3. The Labute approximate surface area is 168 Å². The van der Waals surface area contributed by atoms with Crippen molar-refractivity contribution >= 4 is 17.5 Å². The lowest BCUT2D eigenvalue weighted by atomic mass is 9.96. The second kappa shape index (κ2) is 9.76. The molecule has 1 saturated heterocycles. The van der Waals surface area contributed by atoms with E-state index in [2.05, 4.69) is 4.90 Å². The lowest BCUT2D eigenvalue weighted by Crippen LogP contribution is -2.41. The number of benzene rings is 1. The van der Waals surface area contributed by atoms with Crippen molar-refractivity contribution < 1.29 is 14.6 Å². The molecular weight excluding hydrogens is 364 g/mol. The van der Waals surface area contributed by atoms with Gasteiger partial charge in [0.2, 0.25) is 5.91 Å². The average molecular weight is 397 g/mol. The van der Waals surface area contributed by atoms with E-state index >= 15 is 0 Å². The Bertz CT molecular complexity index is 625. The van der Waals surface area contributed by atoms with Gasteiger partial charge in [-0.15, -0.1) is 0 Å². The number of amides is 1. The van der Waals surface area contributed by atoms with E-state index in [-0.39, 0.29) is 12.5 Å². The van der Waals surface area contributed by atoms with Crippen LogP contribution in [0.4, 0.5) is 0 Å². The molecule has 5 nitrogen and oxygen atoms in total. The minimum absolute atomic E-state index is 0.161. The van der Waals surface area contributed by atoms with Crippen LogP contribution in [-0.4, -0.2) is 65.7 Å². The van der Waals surface area contributed by atoms with Crippen LogP contribution in [0, 0.1) is 13.8 Å². The molecule has 6 heteroatoms. The first-order valence-corrected chi connectivity index (χ1v) is 10.3. The van der Waals surface area contributed by atoms with Gasteiger partial charge in [0.1, 0.15) is 12.4 Å². The number of ether oxygens (including phenoxy) is 1. The first-order chi connectivity index (χ1) is 12.8. The Balaban J connectivity index is 1.91. The van der Waals surface area contributed by atoms with Gasteiger partial charge in [-0.05, 0) is 76.8 Å². The summed E-state index contributed by atoms with van der Waals surface area (Å²) in [5.41, 5.74) is 1.08. The highest BCUT2D eigenvalue weighted by Gasteiger charge is 2.32. The van der Waals surface area contributed by atoms with Gasteiger partial charge in [-0.2, -0.15) is 0 Å². The van der Waals surface area contributed by atoms with E-state index in [1.165, 1.54) is 0 Å². The highest BCUT2D eigenvalue weighted by Crippen LogP contribution is 2.28. The second-order valence-electron chi connectivity index (χ2n) is 7.58. The number of aliphatic hydroxyl groups is 1. The van der Waals surface area contributed by atoms with Gasteiger partial charge in [0, 0.05) is 24.7 Å². The monoisotopic (exact) mass is 396 g/mol. The quantitative estimate of drug-likeness (QED) is 0.767. The summed E-state index contributed by atoms with van der Waals surface area (Å²) in [5.74, 6) is 0.898. The minimum Gasteiger partial charge on any atom is -0.491 e. The SMILES string of the molecule is CCN(CC)C(=O)CN1CCCC(O)(COc2cc(C)c(Cl)c(C)c2)CC1. The van der Waals surface area contributed by atoms with E-state index in [1.807, 2.05) is 44.7 Å². The first kappa shape index (κ1) is 22.0. The van der Waals surface area contributed by atoms with Crippen molar-refractivity contribution in [1.29, 1.82) is 0 Å². The highest BCUT2D eigenvalue weighted by atomic mass is 35.5. The summed E-state index contributed by atoms with van der Waals surface area (Å²) in [6, 6.07) is 3.81. The lowest BCUT2D eigenvalue weighted by Gasteiger charge is -2.28. The van der Waals surface area contributed by atoms with Crippen LogP contribution >= 0.6 is 11.6 Å². The van der Waals surface area contributed by atoms with Gasteiger partial charge in [-0.3, -0.25) is 9.69 Å². The minimum atomic E-state index is -0.867. The Morgan fingerprint density at radius 3 is 2.44 bits per heavy atom. The van der Waals surface area contributed by atoms with E-state index in [9.17, 15) is 9.90 Å². The molecule has 1 fully saturated rings. The number of halogens is 1. The van der Waals surface area contributed by atoms with Crippen LogP contribution in [0.5, 0.6) is 5.75 Å². The lowest BCUT2D eigenvalue weighted by molar-refractivity contribution is -0.132. The van der Waals surface area contributed by atoms with Crippen LogP contribution in [0.25, 0.3) is 0 Å². The molecule has 27 heavy (non-hydrogen) atoms. The number of likely N-dealkylation sites (tertiary alicyclic amines) is 1. The van der Waals surface area contributed by atoms with Crippen molar-refractivity contribution in [2.24, 2.45) is 0 Å². The highest BCUT2D eigenvalue weighted by molar-refractivity contribution is 6.32. The molecule has 2 rings (SSSR count). The van der Waals surface area contributed by atoms with Crippen molar-refractivity contribution in [3.05, 3.63) is 28.3 Å². The number of hydrogen-bond donors (Lipinski definition) is 1. The van der Waals surface area contributed by atoms with E-state index < -0.39 is 5.60 Å². The molecule has 0 radical (unpaired) electrons. The van der Waals surface area contributed by atoms with Crippen molar-refractivity contribution in [2.45, 2.75) is 52.6 Å². The van der Waals surface area contributed by atoms with Gasteiger partial charge in [0.25, 0.3) is 0 Å². The summed E-state index contributed by atoms with van der Waals surface area (Å²) in [6.07, 6.45) is 2.13. The number of hydrogen-bond acceptors (Lipinski definition) is 4. The summed E-state index contributed by atoms with van der Waals surface area (Å²) in [6.45, 7) is 11.6. The molecule has 1 unspecified atom stereocenters. The summed E-state index contributed by atoms with van der Waals surface area (Å²) in [7, 11) is 0. The Morgan fingerprint density at radius 1 is 1.22 bits per heavy atom. The van der Waals surface area contributed by atoms with Crippen LogP contribution in [0.2, 0.25) is 5.02 Å². The largest absolute Gasteiger partial charge is 0.491 e. The van der Waals surface area contributed by atoms with Gasteiger partial charge in [0.15, 0.2) is 0 Å². The molecule has 1 N–H and O–H groups in total. The van der Waals surface area contributed by atoms with Crippen LogP contribution < -0.4 is 4.74 Å². The number of nitrogens with zero attached hydrogens (tertiary/aromatic N) is 2. The fourth-order valence-electron chi connectivity index (χ4n) is 3.61. The number of carbonyl (C=O) groups excluding carboxylic acids is 1. The smallest absolute Gasteiger partial charge is 0.236 e. The van der Waals surface area contributed by atoms with Gasteiger partial charge in [0.05, 0.1) is 12.1 Å². The molecule has 1 aromatic rings. The van der Waals surface area contributed by atoms with Crippen LogP contribution in [0.15, 0.2) is 12.1 Å². The average Bonchev–Trinajstić information content (AvgIpc) is 2.81. The Hall–Kier alpha value is -1.30. The van der Waals surface area contributed by atoms with E-state index in [0.717, 1.165) is 48.0 Å². The van der Waals surface area contributed by atoms with Crippen molar-refractivity contribution in [1.82, 2.24) is 9.80 Å². The fourth-order valence-corrected chi connectivity index (χ4v) is 3.72. The third-order valence-electron chi connectivity index (χ3n) is 5.40. The molecule has 0 aromatic heterocycles. The topological polar surface area (TPSA) is 53.0 Å². The normalized spacial score (nSPS) is 21.0. The molecule has 0 spiro atoms. The zero-order chi connectivity index (χ0) is 20.0. The molecule has 1 heterocycles. The van der Waals surface area contributed by atoms with Crippen molar-refractivity contribution in [2.75, 3.05) is 39.3 Å². The van der Waals surface area contributed by atoms with Gasteiger partial charge in [-0.25, -0.2) is 0 Å². The van der Waals surface area contributed by atoms with E-state index in [4.69, 9.17) is 16.3 Å². The first-order valence-electron chi connectivity index (χ1n) is 9.90. The molecule has 0 aliphatic carbocycles. The molecule has 0 bridgehead atoms. The summed E-state index contributed by atoms with van der Waals surface area (Å²) in [4.78, 5) is 16.3. The van der Waals surface area contributed by atoms with E-state index in [1.54, 1.807) is 0 Å². The van der Waals surface area contributed by atoms with Crippen molar-refractivity contribution in [3.63, 3.8) is 0 Å². The van der Waals surface area contributed by atoms with E-state index in [0.29, 0.717) is 25.9 Å². The molecule has 152 valence electrons. The van der Waals surface area contributed by atoms with Crippen molar-refractivity contribution in [3.8, 4) is 5.75 Å². The zero-order valence-corrected chi connectivity index (χ0v) is 17.8. The maximum atomic E-state index is 12.3. The number of carbonyl (C=O) groups is 1. The number of rotatable bonds is 7. The second-order valence-corrected chi connectivity index (χ2v) is 7.96. The van der Waals surface area contributed by atoms with Crippen LogP contribution in [0.1, 0.15) is 44.2 Å². The molecular formula is C21H33ClN2O3. The fraction of sp³-hybridized carbons (Fsp3) is 0.667.